The SMILES string of the molecule is Cc1nc(N)ncc1C=CCC#N. The average Bonchev–Trinajstić information content (AvgIpc) is 2.09. The van der Waals surface area contributed by atoms with Crippen LogP contribution in [0.25, 0.3) is 6.08 Å². The van der Waals surface area contributed by atoms with Crippen molar-refractivity contribution in [1.82, 2.24) is 9.97 Å². The third-order valence-electron chi connectivity index (χ3n) is 1.54. The Hall–Kier alpha value is -1.89. The quantitative estimate of drug-likeness (QED) is 0.733. The summed E-state index contributed by atoms with van der Waals surface area (Å²) in [7, 11) is 0. The number of rotatable bonds is 2. The van der Waals surface area contributed by atoms with Crippen LogP contribution < -0.4 is 5.73 Å². The first-order chi connectivity index (χ1) is 6.24. The lowest BCUT2D eigenvalue weighted by atomic mass is 10.2. The number of aromatic nitrogens is 2. The molecule has 0 unspecified atom stereocenters. The van der Waals surface area contributed by atoms with Gasteiger partial charge in [-0.25, -0.2) is 9.97 Å². The van der Waals surface area contributed by atoms with Crippen LogP contribution in [-0.2, 0) is 0 Å². The van der Waals surface area contributed by atoms with Gasteiger partial charge in [-0.15, -0.1) is 0 Å². The first-order valence-corrected chi connectivity index (χ1v) is 3.86. The van der Waals surface area contributed by atoms with Gasteiger partial charge in [0.05, 0.1) is 18.2 Å². The Bertz CT molecular complexity index is 362. The van der Waals surface area contributed by atoms with E-state index in [2.05, 4.69) is 9.97 Å². The van der Waals surface area contributed by atoms with E-state index in [4.69, 9.17) is 11.0 Å². The summed E-state index contributed by atoms with van der Waals surface area (Å²) in [4.78, 5) is 7.84. The van der Waals surface area contributed by atoms with Gasteiger partial charge in [-0.2, -0.15) is 5.26 Å². The van der Waals surface area contributed by atoms with Gasteiger partial charge in [-0.05, 0) is 6.92 Å². The van der Waals surface area contributed by atoms with Gasteiger partial charge in [-0.1, -0.05) is 12.2 Å². The normalized spacial score (nSPS) is 10.2. The molecular formula is C9H10N4. The van der Waals surface area contributed by atoms with Crippen molar-refractivity contribution in [3.63, 3.8) is 0 Å². The zero-order valence-corrected chi connectivity index (χ0v) is 7.36. The van der Waals surface area contributed by atoms with E-state index in [1.807, 2.05) is 19.1 Å². The number of hydrogen-bond donors (Lipinski definition) is 1. The van der Waals surface area contributed by atoms with Crippen LogP contribution in [0.15, 0.2) is 12.3 Å². The predicted molar refractivity (Wildman–Crippen MR) is 50.4 cm³/mol. The minimum atomic E-state index is 0.273. The van der Waals surface area contributed by atoms with Crippen LogP contribution in [0.2, 0.25) is 0 Å². The maximum atomic E-state index is 8.31. The molecule has 1 aromatic rings. The Morgan fingerprint density at radius 2 is 2.46 bits per heavy atom. The molecule has 1 aromatic heterocycles. The van der Waals surface area contributed by atoms with E-state index >= 15 is 0 Å². The molecule has 4 heteroatoms. The number of hydrogen-bond acceptors (Lipinski definition) is 4. The van der Waals surface area contributed by atoms with Gasteiger partial charge in [-0.3, -0.25) is 0 Å². The van der Waals surface area contributed by atoms with Gasteiger partial charge < -0.3 is 5.73 Å². The number of nitrogens with two attached hydrogens (primary N) is 1. The third kappa shape index (κ3) is 2.56. The monoisotopic (exact) mass is 174 g/mol. The standard InChI is InChI=1S/C9H10N4/c1-7-8(4-2-3-5-10)6-12-9(11)13-7/h2,4,6H,3H2,1H3,(H2,11,12,13). The third-order valence-corrected chi connectivity index (χ3v) is 1.54. The second kappa shape index (κ2) is 4.21. The number of anilines is 1. The molecule has 0 atom stereocenters. The van der Waals surface area contributed by atoms with Crippen molar-refractivity contribution < 1.29 is 0 Å². The fourth-order valence-electron chi connectivity index (χ4n) is 0.897. The molecule has 0 saturated carbocycles. The van der Waals surface area contributed by atoms with Crippen LogP contribution in [0.5, 0.6) is 0 Å². The molecule has 0 bridgehead atoms. The summed E-state index contributed by atoms with van der Waals surface area (Å²) in [5.74, 6) is 0.273. The van der Waals surface area contributed by atoms with E-state index in [-0.39, 0.29) is 5.95 Å². The molecule has 0 radical (unpaired) electrons. The van der Waals surface area contributed by atoms with Crippen LogP contribution in [0.1, 0.15) is 17.7 Å². The molecule has 2 N–H and O–H groups in total. The number of nitriles is 1. The van der Waals surface area contributed by atoms with Crippen LogP contribution >= 0.6 is 0 Å². The fraction of sp³-hybridized carbons (Fsp3) is 0.222. The molecule has 0 spiro atoms. The van der Waals surface area contributed by atoms with Crippen molar-refractivity contribution in [2.45, 2.75) is 13.3 Å². The zero-order valence-electron chi connectivity index (χ0n) is 7.36. The van der Waals surface area contributed by atoms with Crippen LogP contribution in [0.4, 0.5) is 5.95 Å². The number of nitrogen functional groups attached to an aromatic ring is 1. The summed E-state index contributed by atoms with van der Waals surface area (Å²) in [5, 5.41) is 8.31. The number of nitrogens with zero attached hydrogens (tertiary/aromatic N) is 3. The van der Waals surface area contributed by atoms with Crippen molar-refractivity contribution in [3.8, 4) is 6.07 Å². The lowest BCUT2D eigenvalue weighted by Crippen LogP contribution is -1.97. The average molecular weight is 174 g/mol. The molecule has 4 nitrogen and oxygen atoms in total. The second-order valence-corrected chi connectivity index (χ2v) is 2.53. The predicted octanol–water partition coefficient (Wildman–Crippen LogP) is 1.29. The van der Waals surface area contributed by atoms with Crippen LogP contribution in [0.3, 0.4) is 0 Å². The Labute approximate surface area is 76.7 Å². The first-order valence-electron chi connectivity index (χ1n) is 3.86. The largest absolute Gasteiger partial charge is 0.368 e. The van der Waals surface area contributed by atoms with Crippen molar-refractivity contribution in [2.24, 2.45) is 0 Å². The van der Waals surface area contributed by atoms with Gasteiger partial charge in [0.15, 0.2) is 0 Å². The number of allylic oxidation sites excluding steroid dienone is 1. The molecule has 1 heterocycles. The van der Waals surface area contributed by atoms with Crippen LogP contribution in [0, 0.1) is 18.3 Å². The van der Waals surface area contributed by atoms with Gasteiger partial charge in [0.2, 0.25) is 5.95 Å². The lowest BCUT2D eigenvalue weighted by molar-refractivity contribution is 1.11. The molecule has 0 aliphatic carbocycles. The Morgan fingerprint density at radius 3 is 3.08 bits per heavy atom. The Morgan fingerprint density at radius 1 is 1.69 bits per heavy atom. The van der Waals surface area contributed by atoms with E-state index in [0.717, 1.165) is 11.3 Å². The van der Waals surface area contributed by atoms with Gasteiger partial charge in [0.25, 0.3) is 0 Å². The highest BCUT2D eigenvalue weighted by atomic mass is 15.0. The van der Waals surface area contributed by atoms with E-state index < -0.39 is 0 Å². The minimum absolute atomic E-state index is 0.273. The van der Waals surface area contributed by atoms with Gasteiger partial charge in [0.1, 0.15) is 0 Å². The summed E-state index contributed by atoms with van der Waals surface area (Å²) in [6, 6.07) is 2.02. The minimum Gasteiger partial charge on any atom is -0.368 e. The molecule has 66 valence electrons. The molecular weight excluding hydrogens is 164 g/mol. The number of aryl methyl sites for hydroxylation is 1. The highest BCUT2D eigenvalue weighted by Gasteiger charge is 1.96. The van der Waals surface area contributed by atoms with Crippen molar-refractivity contribution in [2.75, 3.05) is 5.73 Å². The molecule has 13 heavy (non-hydrogen) atoms. The van der Waals surface area contributed by atoms with Crippen molar-refractivity contribution in [3.05, 3.63) is 23.5 Å². The maximum Gasteiger partial charge on any atom is 0.220 e. The lowest BCUT2D eigenvalue weighted by Gasteiger charge is -1.98. The topological polar surface area (TPSA) is 75.6 Å². The second-order valence-electron chi connectivity index (χ2n) is 2.53. The van der Waals surface area contributed by atoms with E-state index in [1.54, 1.807) is 12.3 Å². The van der Waals surface area contributed by atoms with Crippen molar-refractivity contribution in [1.29, 1.82) is 5.26 Å². The van der Waals surface area contributed by atoms with Crippen molar-refractivity contribution >= 4 is 12.0 Å². The molecule has 1 rings (SSSR count). The zero-order chi connectivity index (χ0) is 9.68. The fourth-order valence-corrected chi connectivity index (χ4v) is 0.897. The molecule has 0 fully saturated rings. The molecule has 0 amide bonds. The first kappa shape index (κ1) is 9.20. The van der Waals surface area contributed by atoms with Gasteiger partial charge >= 0.3 is 0 Å². The smallest absolute Gasteiger partial charge is 0.220 e. The molecule has 0 saturated heterocycles. The highest BCUT2D eigenvalue weighted by molar-refractivity contribution is 5.51. The molecule has 0 aliphatic rings. The Balaban J connectivity index is 2.85. The Kier molecular flexibility index (Phi) is 2.98. The molecule has 0 aliphatic heterocycles. The van der Waals surface area contributed by atoms with E-state index in [1.165, 1.54) is 0 Å². The summed E-state index contributed by atoms with van der Waals surface area (Å²) in [6.45, 7) is 1.85. The van der Waals surface area contributed by atoms with E-state index in [0.29, 0.717) is 6.42 Å². The summed E-state index contributed by atoms with van der Waals surface area (Å²) in [6.07, 6.45) is 5.62. The summed E-state index contributed by atoms with van der Waals surface area (Å²) < 4.78 is 0. The molecule has 0 aromatic carbocycles. The van der Waals surface area contributed by atoms with E-state index in [9.17, 15) is 0 Å². The van der Waals surface area contributed by atoms with Crippen LogP contribution in [-0.4, -0.2) is 9.97 Å². The highest BCUT2D eigenvalue weighted by Crippen LogP contribution is 2.07. The van der Waals surface area contributed by atoms with Gasteiger partial charge in [0, 0.05) is 11.8 Å². The summed E-state index contributed by atoms with van der Waals surface area (Å²) >= 11 is 0. The maximum absolute atomic E-state index is 8.31. The summed E-state index contributed by atoms with van der Waals surface area (Å²) in [5.41, 5.74) is 7.10.